The predicted octanol–water partition coefficient (Wildman–Crippen LogP) is 2.24. The van der Waals surface area contributed by atoms with Gasteiger partial charge in [-0.3, -0.25) is 4.79 Å². The Bertz CT molecular complexity index is 437. The molecule has 0 unspecified atom stereocenters. The van der Waals surface area contributed by atoms with E-state index in [0.29, 0.717) is 5.92 Å². The molecule has 0 spiro atoms. The topological polar surface area (TPSA) is 41.6 Å². The quantitative estimate of drug-likeness (QED) is 0.786. The molecule has 116 valence electrons. The van der Waals surface area contributed by atoms with Gasteiger partial charge in [-0.1, -0.05) is 0 Å². The molecule has 5 heteroatoms. The normalized spacial score (nSPS) is 17.4. The summed E-state index contributed by atoms with van der Waals surface area (Å²) in [4.78, 5) is 14.2. The van der Waals surface area contributed by atoms with Crippen molar-refractivity contribution >= 4 is 23.3 Å². The average Bonchev–Trinajstić information content (AvgIpc) is 3.03. The highest BCUT2D eigenvalue weighted by atomic mass is 32.1. The van der Waals surface area contributed by atoms with Gasteiger partial charge in [0.15, 0.2) is 0 Å². The zero-order chi connectivity index (χ0) is 14.9. The predicted molar refractivity (Wildman–Crippen MR) is 87.4 cm³/mol. The maximum atomic E-state index is 11.8. The van der Waals surface area contributed by atoms with Crippen molar-refractivity contribution in [2.45, 2.75) is 12.8 Å². The summed E-state index contributed by atoms with van der Waals surface area (Å²) in [6, 6.07) is 2.00. The van der Waals surface area contributed by atoms with Crippen LogP contribution in [-0.2, 0) is 9.53 Å². The van der Waals surface area contributed by atoms with Crippen LogP contribution >= 0.6 is 11.3 Å². The molecular formula is C16H24N2O2S. The lowest BCUT2D eigenvalue weighted by Crippen LogP contribution is -2.39. The van der Waals surface area contributed by atoms with Crippen molar-refractivity contribution in [2.24, 2.45) is 5.92 Å². The zero-order valence-corrected chi connectivity index (χ0v) is 13.4. The second kappa shape index (κ2) is 8.97. The monoisotopic (exact) mass is 308 g/mol. The van der Waals surface area contributed by atoms with Crippen molar-refractivity contribution in [3.63, 3.8) is 0 Å². The average molecular weight is 308 g/mol. The zero-order valence-electron chi connectivity index (χ0n) is 12.6. The molecule has 4 nitrogen and oxygen atoms in total. The minimum absolute atomic E-state index is 0.00279. The van der Waals surface area contributed by atoms with Gasteiger partial charge in [0.1, 0.15) is 0 Å². The molecule has 2 rings (SSSR count). The van der Waals surface area contributed by atoms with Gasteiger partial charge in [0, 0.05) is 26.3 Å². The van der Waals surface area contributed by atoms with E-state index in [4.69, 9.17) is 4.74 Å². The third-order valence-electron chi connectivity index (χ3n) is 3.85. The summed E-state index contributed by atoms with van der Waals surface area (Å²) in [6.45, 7) is 4.81. The first-order valence-electron chi connectivity index (χ1n) is 7.47. The summed E-state index contributed by atoms with van der Waals surface area (Å²) < 4.78 is 5.10. The number of ether oxygens (including phenoxy) is 1. The molecule has 1 aromatic heterocycles. The van der Waals surface area contributed by atoms with Crippen molar-refractivity contribution in [3.05, 3.63) is 28.5 Å². The number of rotatable bonds is 7. The Kier molecular flexibility index (Phi) is 6.92. The van der Waals surface area contributed by atoms with Crippen LogP contribution in [0.1, 0.15) is 18.4 Å². The van der Waals surface area contributed by atoms with Crippen LogP contribution in [0.3, 0.4) is 0 Å². The van der Waals surface area contributed by atoms with Gasteiger partial charge in [-0.25, -0.2) is 0 Å². The first kappa shape index (κ1) is 16.2. The smallest absolute Gasteiger partial charge is 0.244 e. The number of carbonyl (C=O) groups is 1. The Balaban J connectivity index is 1.62. The number of hydrogen-bond donors (Lipinski definition) is 1. The first-order chi connectivity index (χ1) is 10.3. The molecule has 1 aliphatic rings. The van der Waals surface area contributed by atoms with Crippen molar-refractivity contribution < 1.29 is 9.53 Å². The molecule has 1 aromatic rings. The molecule has 0 aliphatic carbocycles. The van der Waals surface area contributed by atoms with E-state index in [1.54, 1.807) is 24.5 Å². The lowest BCUT2D eigenvalue weighted by molar-refractivity contribution is -0.116. The minimum atomic E-state index is 0.00279. The summed E-state index contributed by atoms with van der Waals surface area (Å²) in [5, 5.41) is 7.04. The number of carbonyl (C=O) groups excluding carboxylic acids is 1. The molecule has 0 aromatic carbocycles. The summed E-state index contributed by atoms with van der Waals surface area (Å²) in [7, 11) is 1.74. The fraction of sp³-hybridized carbons (Fsp3) is 0.562. The third-order valence-corrected chi connectivity index (χ3v) is 4.56. The summed E-state index contributed by atoms with van der Waals surface area (Å²) >= 11 is 1.64. The number of piperidine rings is 1. The Morgan fingerprint density at radius 1 is 1.52 bits per heavy atom. The highest BCUT2D eigenvalue weighted by Crippen LogP contribution is 2.16. The van der Waals surface area contributed by atoms with Crippen LogP contribution in [0.5, 0.6) is 0 Å². The Labute approximate surface area is 130 Å². The highest BCUT2D eigenvalue weighted by Gasteiger charge is 2.18. The Hall–Kier alpha value is -1.17. The number of amides is 1. The molecule has 1 aliphatic heterocycles. The molecule has 0 bridgehead atoms. The van der Waals surface area contributed by atoms with Crippen LogP contribution in [-0.4, -0.2) is 50.7 Å². The van der Waals surface area contributed by atoms with Crippen LogP contribution in [0.15, 0.2) is 22.9 Å². The number of thiophene rings is 1. The standard InChI is InChI=1S/C16H24N2O2S/c1-20-10-9-18-7-4-14(5-8-18)12-17-16(19)3-2-15-6-11-21-13-15/h2-3,6,11,13-14H,4-5,7-10,12H2,1H3,(H,17,19)/b3-2+. The molecule has 1 saturated heterocycles. The van der Waals surface area contributed by atoms with Gasteiger partial charge < -0.3 is 15.0 Å². The van der Waals surface area contributed by atoms with Crippen LogP contribution in [0.2, 0.25) is 0 Å². The van der Waals surface area contributed by atoms with Crippen molar-refractivity contribution in [2.75, 3.05) is 39.9 Å². The lowest BCUT2D eigenvalue weighted by Gasteiger charge is -2.31. The van der Waals surface area contributed by atoms with Gasteiger partial charge in [0.05, 0.1) is 6.61 Å². The second-order valence-electron chi connectivity index (χ2n) is 5.41. The molecule has 1 amide bonds. The maximum absolute atomic E-state index is 11.8. The number of likely N-dealkylation sites (tertiary alicyclic amines) is 1. The summed E-state index contributed by atoms with van der Waals surface area (Å²) in [5.41, 5.74) is 1.08. The van der Waals surface area contributed by atoms with Gasteiger partial charge in [-0.15, -0.1) is 0 Å². The van der Waals surface area contributed by atoms with Gasteiger partial charge in [-0.2, -0.15) is 11.3 Å². The Morgan fingerprint density at radius 3 is 3.00 bits per heavy atom. The lowest BCUT2D eigenvalue weighted by atomic mass is 9.97. The van der Waals surface area contributed by atoms with Crippen LogP contribution in [0.4, 0.5) is 0 Å². The van der Waals surface area contributed by atoms with E-state index < -0.39 is 0 Å². The summed E-state index contributed by atoms with van der Waals surface area (Å²) in [5.74, 6) is 0.602. The number of nitrogens with one attached hydrogen (secondary N) is 1. The molecule has 2 heterocycles. The number of hydrogen-bond acceptors (Lipinski definition) is 4. The van der Waals surface area contributed by atoms with Crippen LogP contribution < -0.4 is 5.32 Å². The molecular weight excluding hydrogens is 284 g/mol. The Morgan fingerprint density at radius 2 is 2.33 bits per heavy atom. The van der Waals surface area contributed by atoms with Crippen molar-refractivity contribution in [1.29, 1.82) is 0 Å². The molecule has 0 saturated carbocycles. The van der Waals surface area contributed by atoms with E-state index in [1.165, 1.54) is 0 Å². The maximum Gasteiger partial charge on any atom is 0.244 e. The highest BCUT2D eigenvalue weighted by molar-refractivity contribution is 7.08. The van der Waals surface area contributed by atoms with E-state index >= 15 is 0 Å². The van der Waals surface area contributed by atoms with Crippen molar-refractivity contribution in [3.8, 4) is 0 Å². The third kappa shape index (κ3) is 5.99. The van der Waals surface area contributed by atoms with Gasteiger partial charge in [0.25, 0.3) is 0 Å². The molecule has 0 radical (unpaired) electrons. The molecule has 0 atom stereocenters. The molecule has 1 fully saturated rings. The van der Waals surface area contributed by atoms with Crippen LogP contribution in [0, 0.1) is 5.92 Å². The van der Waals surface area contributed by atoms with E-state index in [0.717, 1.165) is 51.2 Å². The number of nitrogens with zero attached hydrogens (tertiary/aromatic N) is 1. The largest absolute Gasteiger partial charge is 0.383 e. The SMILES string of the molecule is COCCN1CCC(CNC(=O)/C=C/c2ccsc2)CC1. The van der Waals surface area contributed by atoms with E-state index in [9.17, 15) is 4.79 Å². The number of methoxy groups -OCH3 is 1. The van der Waals surface area contributed by atoms with Gasteiger partial charge >= 0.3 is 0 Å². The van der Waals surface area contributed by atoms with Gasteiger partial charge in [-0.05, 0) is 60.3 Å². The minimum Gasteiger partial charge on any atom is -0.383 e. The molecule has 21 heavy (non-hydrogen) atoms. The fourth-order valence-electron chi connectivity index (χ4n) is 2.48. The van der Waals surface area contributed by atoms with E-state index in [-0.39, 0.29) is 5.91 Å². The van der Waals surface area contributed by atoms with Gasteiger partial charge in [0.2, 0.25) is 5.91 Å². The first-order valence-corrected chi connectivity index (χ1v) is 8.41. The summed E-state index contributed by atoms with van der Waals surface area (Å²) in [6.07, 6.45) is 5.78. The molecule has 1 N–H and O–H groups in total. The van der Waals surface area contributed by atoms with Crippen molar-refractivity contribution in [1.82, 2.24) is 10.2 Å². The van der Waals surface area contributed by atoms with E-state index in [2.05, 4.69) is 10.2 Å². The second-order valence-corrected chi connectivity index (χ2v) is 6.19. The van der Waals surface area contributed by atoms with E-state index in [1.807, 2.05) is 22.9 Å². The van der Waals surface area contributed by atoms with Crippen LogP contribution in [0.25, 0.3) is 6.08 Å². The fourth-order valence-corrected chi connectivity index (χ4v) is 3.11.